The molecule has 1 fully saturated rings. The number of nitrogens with zero attached hydrogens (tertiary/aromatic N) is 1. The first-order valence-electron chi connectivity index (χ1n) is 6.73. The van der Waals surface area contributed by atoms with Crippen LogP contribution in [0, 0.1) is 11.7 Å². The Kier molecular flexibility index (Phi) is 4.50. The monoisotopic (exact) mass is 269 g/mol. The summed E-state index contributed by atoms with van der Waals surface area (Å²) in [5.41, 5.74) is 1.64. The van der Waals surface area contributed by atoms with E-state index < -0.39 is 0 Å². The Balaban J connectivity index is 2.24. The van der Waals surface area contributed by atoms with E-state index in [1.165, 1.54) is 18.9 Å². The zero-order valence-corrected chi connectivity index (χ0v) is 11.9. The number of alkyl halides is 1. The van der Waals surface area contributed by atoms with Gasteiger partial charge in [0.05, 0.1) is 5.69 Å². The highest BCUT2D eigenvalue weighted by molar-refractivity contribution is 6.17. The van der Waals surface area contributed by atoms with E-state index >= 15 is 0 Å². The Morgan fingerprint density at radius 2 is 2.11 bits per heavy atom. The molecule has 18 heavy (non-hydrogen) atoms. The molecule has 0 bridgehead atoms. The smallest absolute Gasteiger partial charge is 0.146 e. The highest BCUT2D eigenvalue weighted by atomic mass is 35.5. The molecule has 0 atom stereocenters. The fraction of sp³-hybridized carbons (Fsp3) is 0.600. The lowest BCUT2D eigenvalue weighted by molar-refractivity contribution is 0.558. The summed E-state index contributed by atoms with van der Waals surface area (Å²) in [5, 5.41) is 0. The standard InChI is InChI=1S/C15H21ClFN/c1-11(2)8-9-18(13-6-7-13)15-12(10-16)4-3-5-14(15)17/h3-5,11,13H,6-10H2,1-2H3. The number of benzene rings is 1. The van der Waals surface area contributed by atoms with E-state index in [2.05, 4.69) is 18.7 Å². The number of hydrogen-bond donors (Lipinski definition) is 0. The van der Waals surface area contributed by atoms with Crippen molar-refractivity contribution < 1.29 is 4.39 Å². The van der Waals surface area contributed by atoms with Crippen molar-refractivity contribution in [1.82, 2.24) is 0 Å². The van der Waals surface area contributed by atoms with E-state index in [0.29, 0.717) is 17.8 Å². The van der Waals surface area contributed by atoms with E-state index in [1.807, 2.05) is 6.07 Å². The van der Waals surface area contributed by atoms with Gasteiger partial charge in [-0.1, -0.05) is 26.0 Å². The molecule has 0 amide bonds. The molecule has 0 aromatic heterocycles. The molecule has 0 aliphatic heterocycles. The first-order valence-corrected chi connectivity index (χ1v) is 7.27. The number of halogens is 2. The van der Waals surface area contributed by atoms with Gasteiger partial charge in [0, 0.05) is 18.5 Å². The number of hydrogen-bond acceptors (Lipinski definition) is 1. The predicted molar refractivity (Wildman–Crippen MR) is 75.8 cm³/mol. The molecule has 1 saturated carbocycles. The first kappa shape index (κ1) is 13.7. The van der Waals surface area contributed by atoms with Crippen LogP contribution in [0.1, 0.15) is 38.7 Å². The molecule has 3 heteroatoms. The predicted octanol–water partition coefficient (Wildman–Crippen LogP) is 4.58. The van der Waals surface area contributed by atoms with E-state index in [-0.39, 0.29) is 5.82 Å². The minimum absolute atomic E-state index is 0.135. The third kappa shape index (κ3) is 3.17. The van der Waals surface area contributed by atoms with Crippen LogP contribution in [0.2, 0.25) is 0 Å². The molecule has 1 aliphatic carbocycles. The lowest BCUT2D eigenvalue weighted by atomic mass is 10.1. The van der Waals surface area contributed by atoms with Crippen molar-refractivity contribution in [3.05, 3.63) is 29.6 Å². The Hall–Kier alpha value is -0.760. The second kappa shape index (κ2) is 5.92. The molecule has 0 N–H and O–H groups in total. The molecule has 0 heterocycles. The van der Waals surface area contributed by atoms with Crippen LogP contribution in [0.3, 0.4) is 0 Å². The summed E-state index contributed by atoms with van der Waals surface area (Å²) in [4.78, 5) is 2.23. The Morgan fingerprint density at radius 1 is 1.39 bits per heavy atom. The molecule has 1 aromatic carbocycles. The normalized spacial score (nSPS) is 15.2. The van der Waals surface area contributed by atoms with Crippen LogP contribution >= 0.6 is 11.6 Å². The molecule has 0 spiro atoms. The van der Waals surface area contributed by atoms with E-state index in [0.717, 1.165) is 24.2 Å². The summed E-state index contributed by atoms with van der Waals surface area (Å²) in [5.74, 6) is 0.874. The zero-order chi connectivity index (χ0) is 13.1. The van der Waals surface area contributed by atoms with E-state index in [4.69, 9.17) is 11.6 Å². The van der Waals surface area contributed by atoms with Crippen LogP contribution in [0.5, 0.6) is 0 Å². The molecule has 0 saturated heterocycles. The summed E-state index contributed by atoms with van der Waals surface area (Å²) in [6.07, 6.45) is 3.44. The van der Waals surface area contributed by atoms with Gasteiger partial charge in [0.1, 0.15) is 5.82 Å². The third-order valence-electron chi connectivity index (χ3n) is 3.44. The maximum Gasteiger partial charge on any atom is 0.146 e. The Bertz CT molecular complexity index is 401. The molecule has 1 aromatic rings. The van der Waals surface area contributed by atoms with Gasteiger partial charge in [-0.3, -0.25) is 0 Å². The second-order valence-electron chi connectivity index (χ2n) is 5.49. The van der Waals surface area contributed by atoms with Crippen LogP contribution in [0.25, 0.3) is 0 Å². The second-order valence-corrected chi connectivity index (χ2v) is 5.76. The first-order chi connectivity index (χ1) is 8.63. The molecule has 100 valence electrons. The van der Waals surface area contributed by atoms with Gasteiger partial charge in [0.2, 0.25) is 0 Å². The lowest BCUT2D eigenvalue weighted by Crippen LogP contribution is -2.29. The highest BCUT2D eigenvalue weighted by Gasteiger charge is 2.31. The van der Waals surface area contributed by atoms with Gasteiger partial charge in [-0.05, 0) is 36.8 Å². The van der Waals surface area contributed by atoms with Gasteiger partial charge in [-0.15, -0.1) is 11.6 Å². The van der Waals surface area contributed by atoms with Crippen molar-refractivity contribution in [1.29, 1.82) is 0 Å². The largest absolute Gasteiger partial charge is 0.366 e. The molecule has 1 nitrogen and oxygen atoms in total. The van der Waals surface area contributed by atoms with Gasteiger partial charge < -0.3 is 4.90 Å². The minimum Gasteiger partial charge on any atom is -0.366 e. The molecule has 0 radical (unpaired) electrons. The average Bonchev–Trinajstić information content (AvgIpc) is 3.15. The molecular weight excluding hydrogens is 249 g/mol. The van der Waals surface area contributed by atoms with Crippen LogP contribution in [0.15, 0.2) is 18.2 Å². The average molecular weight is 270 g/mol. The lowest BCUT2D eigenvalue weighted by Gasteiger charge is -2.28. The van der Waals surface area contributed by atoms with Crippen molar-refractivity contribution in [3.63, 3.8) is 0 Å². The van der Waals surface area contributed by atoms with E-state index in [9.17, 15) is 4.39 Å². The zero-order valence-electron chi connectivity index (χ0n) is 11.1. The number of para-hydroxylation sites is 1. The van der Waals surface area contributed by atoms with Crippen LogP contribution in [-0.4, -0.2) is 12.6 Å². The summed E-state index contributed by atoms with van der Waals surface area (Å²) in [7, 11) is 0. The van der Waals surface area contributed by atoms with Crippen molar-refractivity contribution >= 4 is 17.3 Å². The Morgan fingerprint density at radius 3 is 2.67 bits per heavy atom. The van der Waals surface area contributed by atoms with Crippen molar-refractivity contribution in [2.75, 3.05) is 11.4 Å². The summed E-state index contributed by atoms with van der Waals surface area (Å²) in [6, 6.07) is 5.72. The topological polar surface area (TPSA) is 3.24 Å². The van der Waals surface area contributed by atoms with Crippen molar-refractivity contribution in [2.24, 2.45) is 5.92 Å². The van der Waals surface area contributed by atoms with Gasteiger partial charge in [0.25, 0.3) is 0 Å². The molecule has 1 aliphatic rings. The van der Waals surface area contributed by atoms with Crippen LogP contribution < -0.4 is 4.90 Å². The Labute approximate surface area is 114 Å². The van der Waals surface area contributed by atoms with Crippen LogP contribution in [-0.2, 0) is 5.88 Å². The maximum absolute atomic E-state index is 14.1. The summed E-state index contributed by atoms with van der Waals surface area (Å²) in [6.45, 7) is 5.33. The SMILES string of the molecule is CC(C)CCN(c1c(F)cccc1CCl)C1CC1. The quantitative estimate of drug-likeness (QED) is 0.684. The fourth-order valence-electron chi connectivity index (χ4n) is 2.25. The van der Waals surface area contributed by atoms with Gasteiger partial charge in [-0.2, -0.15) is 0 Å². The molecular formula is C15H21ClFN. The minimum atomic E-state index is -0.135. The van der Waals surface area contributed by atoms with Crippen molar-refractivity contribution in [3.8, 4) is 0 Å². The van der Waals surface area contributed by atoms with Gasteiger partial charge in [0.15, 0.2) is 0 Å². The summed E-state index contributed by atoms with van der Waals surface area (Å²) >= 11 is 5.94. The van der Waals surface area contributed by atoms with Crippen LogP contribution in [0.4, 0.5) is 10.1 Å². The van der Waals surface area contributed by atoms with Gasteiger partial charge >= 0.3 is 0 Å². The van der Waals surface area contributed by atoms with Crippen molar-refractivity contribution in [2.45, 2.75) is 45.0 Å². The fourth-order valence-corrected chi connectivity index (χ4v) is 2.47. The van der Waals surface area contributed by atoms with Gasteiger partial charge in [-0.25, -0.2) is 4.39 Å². The molecule has 0 unspecified atom stereocenters. The van der Waals surface area contributed by atoms with E-state index in [1.54, 1.807) is 6.07 Å². The third-order valence-corrected chi connectivity index (χ3v) is 3.72. The summed E-state index contributed by atoms with van der Waals surface area (Å²) < 4.78 is 14.1. The number of rotatable bonds is 6. The maximum atomic E-state index is 14.1. The highest BCUT2D eigenvalue weighted by Crippen LogP contribution is 2.36. The number of anilines is 1. The molecule has 2 rings (SSSR count).